The minimum atomic E-state index is -0.648. The molecule has 0 saturated carbocycles. The zero-order valence-electron chi connectivity index (χ0n) is 9.12. The van der Waals surface area contributed by atoms with E-state index in [9.17, 15) is 14.9 Å². The lowest BCUT2D eigenvalue weighted by molar-refractivity contribution is -0.384. The van der Waals surface area contributed by atoms with E-state index in [0.29, 0.717) is 5.56 Å². The van der Waals surface area contributed by atoms with Crippen LogP contribution in [0.2, 0.25) is 0 Å². The number of hydrazone groups is 1. The van der Waals surface area contributed by atoms with Crippen LogP contribution in [0, 0.1) is 10.1 Å². The average Bonchev–Trinajstić information content (AvgIpc) is 2.30. The number of nitrogens with zero attached hydrogens (tertiary/aromatic N) is 2. The molecule has 0 aliphatic carbocycles. The zero-order valence-corrected chi connectivity index (χ0v) is 9.12. The van der Waals surface area contributed by atoms with Crippen molar-refractivity contribution >= 4 is 18.0 Å². The number of nitro benzene ring substituents is 1. The van der Waals surface area contributed by atoms with Gasteiger partial charge in [0.15, 0.2) is 0 Å². The molecule has 0 radical (unpaired) electrons. The van der Waals surface area contributed by atoms with Crippen molar-refractivity contribution in [3.05, 3.63) is 39.9 Å². The van der Waals surface area contributed by atoms with Crippen LogP contribution in [0.4, 0.5) is 10.5 Å². The minimum Gasteiger partial charge on any atom is -0.449 e. The smallest absolute Gasteiger partial charge is 0.427 e. The van der Waals surface area contributed by atoms with Crippen molar-refractivity contribution in [1.82, 2.24) is 5.43 Å². The second kappa shape index (κ2) is 6.21. The fourth-order valence-corrected chi connectivity index (χ4v) is 1.00. The number of hydrogen-bond acceptors (Lipinski definition) is 5. The fourth-order valence-electron chi connectivity index (χ4n) is 1.00. The monoisotopic (exact) mass is 237 g/mol. The van der Waals surface area contributed by atoms with E-state index in [1.54, 1.807) is 6.92 Å². The highest BCUT2D eigenvalue weighted by Gasteiger charge is 2.02. The Kier molecular flexibility index (Phi) is 4.61. The SMILES string of the molecule is CCOC(=O)NN=Cc1ccc([N+](=O)[O-])cc1. The summed E-state index contributed by atoms with van der Waals surface area (Å²) in [5.74, 6) is 0. The molecule has 1 rings (SSSR count). The molecule has 90 valence electrons. The van der Waals surface area contributed by atoms with Crippen molar-refractivity contribution in [1.29, 1.82) is 0 Å². The van der Waals surface area contributed by atoms with Crippen LogP contribution in [0.5, 0.6) is 0 Å². The van der Waals surface area contributed by atoms with Crippen molar-refractivity contribution in [2.45, 2.75) is 6.92 Å². The minimum absolute atomic E-state index is 0.000465. The normalized spacial score (nSPS) is 10.2. The molecule has 1 aromatic carbocycles. The Morgan fingerprint density at radius 3 is 2.71 bits per heavy atom. The Morgan fingerprint density at radius 2 is 2.18 bits per heavy atom. The first-order valence-electron chi connectivity index (χ1n) is 4.83. The van der Waals surface area contributed by atoms with Gasteiger partial charge in [-0.25, -0.2) is 10.2 Å². The van der Waals surface area contributed by atoms with Crippen LogP contribution in [0.15, 0.2) is 29.4 Å². The predicted molar refractivity (Wildman–Crippen MR) is 60.8 cm³/mol. The molecule has 1 N–H and O–H groups in total. The first kappa shape index (κ1) is 12.6. The third kappa shape index (κ3) is 4.29. The van der Waals surface area contributed by atoms with Gasteiger partial charge in [-0.2, -0.15) is 5.10 Å². The molecule has 0 saturated heterocycles. The molecular formula is C10H11N3O4. The topological polar surface area (TPSA) is 93.8 Å². The Bertz CT molecular complexity index is 428. The molecule has 0 fully saturated rings. The van der Waals surface area contributed by atoms with Gasteiger partial charge in [-0.1, -0.05) is 0 Å². The number of carbonyl (C=O) groups excluding carboxylic acids is 1. The maximum absolute atomic E-state index is 10.8. The number of nitro groups is 1. The lowest BCUT2D eigenvalue weighted by Gasteiger charge is -1.98. The fraction of sp³-hybridized carbons (Fsp3) is 0.200. The quantitative estimate of drug-likeness (QED) is 0.489. The van der Waals surface area contributed by atoms with E-state index in [1.807, 2.05) is 0 Å². The van der Waals surface area contributed by atoms with E-state index < -0.39 is 11.0 Å². The highest BCUT2D eigenvalue weighted by molar-refractivity contribution is 5.81. The Hall–Kier alpha value is -2.44. The third-order valence-corrected chi connectivity index (χ3v) is 1.75. The summed E-state index contributed by atoms with van der Waals surface area (Å²) in [6.07, 6.45) is 0.714. The van der Waals surface area contributed by atoms with Gasteiger partial charge in [0.2, 0.25) is 0 Å². The van der Waals surface area contributed by atoms with E-state index >= 15 is 0 Å². The van der Waals surface area contributed by atoms with E-state index in [4.69, 9.17) is 0 Å². The molecule has 1 amide bonds. The van der Waals surface area contributed by atoms with Crippen molar-refractivity contribution in [2.24, 2.45) is 5.10 Å². The number of rotatable bonds is 4. The molecule has 0 aromatic heterocycles. The number of ether oxygens (including phenoxy) is 1. The van der Waals surface area contributed by atoms with Gasteiger partial charge in [-0.05, 0) is 24.6 Å². The Balaban J connectivity index is 2.54. The summed E-state index contributed by atoms with van der Waals surface area (Å²) in [6.45, 7) is 1.94. The summed E-state index contributed by atoms with van der Waals surface area (Å²) < 4.78 is 4.58. The van der Waals surface area contributed by atoms with Crippen LogP contribution in [0.1, 0.15) is 12.5 Å². The lowest BCUT2D eigenvalue weighted by atomic mass is 10.2. The van der Waals surface area contributed by atoms with Crippen LogP contribution < -0.4 is 5.43 Å². The first-order valence-corrected chi connectivity index (χ1v) is 4.83. The van der Waals surface area contributed by atoms with Crippen molar-refractivity contribution in [3.63, 3.8) is 0 Å². The maximum atomic E-state index is 10.8. The summed E-state index contributed by atoms with van der Waals surface area (Å²) in [5.41, 5.74) is 2.78. The maximum Gasteiger partial charge on any atom is 0.427 e. The number of non-ortho nitro benzene ring substituents is 1. The lowest BCUT2D eigenvalue weighted by Crippen LogP contribution is -2.18. The zero-order chi connectivity index (χ0) is 12.7. The van der Waals surface area contributed by atoms with Crippen LogP contribution in [-0.2, 0) is 4.74 Å². The highest BCUT2D eigenvalue weighted by atomic mass is 16.6. The summed E-state index contributed by atoms with van der Waals surface area (Å²) in [6, 6.07) is 5.75. The largest absolute Gasteiger partial charge is 0.449 e. The van der Waals surface area contributed by atoms with Gasteiger partial charge < -0.3 is 4.74 Å². The molecule has 1 aromatic rings. The van der Waals surface area contributed by atoms with Crippen LogP contribution in [-0.4, -0.2) is 23.8 Å². The molecule has 0 bridgehead atoms. The molecule has 0 aliphatic heterocycles. The Labute approximate surface area is 97.2 Å². The Morgan fingerprint density at radius 1 is 1.53 bits per heavy atom. The molecule has 0 heterocycles. The molecule has 0 atom stereocenters. The second-order valence-corrected chi connectivity index (χ2v) is 2.94. The highest BCUT2D eigenvalue weighted by Crippen LogP contribution is 2.10. The van der Waals surface area contributed by atoms with Gasteiger partial charge in [0, 0.05) is 12.1 Å². The van der Waals surface area contributed by atoms with Crippen molar-refractivity contribution in [3.8, 4) is 0 Å². The molecule has 0 aliphatic rings. The van der Waals surface area contributed by atoms with Gasteiger partial charge in [-0.3, -0.25) is 10.1 Å². The number of carbonyl (C=O) groups is 1. The summed E-state index contributed by atoms with van der Waals surface area (Å²) in [7, 11) is 0. The number of benzene rings is 1. The van der Waals surface area contributed by atoms with E-state index in [-0.39, 0.29) is 12.3 Å². The van der Waals surface area contributed by atoms with E-state index in [0.717, 1.165) is 0 Å². The summed E-state index contributed by atoms with van der Waals surface area (Å²) >= 11 is 0. The summed E-state index contributed by atoms with van der Waals surface area (Å²) in [5, 5.41) is 14.0. The number of amides is 1. The van der Waals surface area contributed by atoms with Crippen LogP contribution in [0.3, 0.4) is 0 Å². The van der Waals surface area contributed by atoms with Gasteiger partial charge in [0.1, 0.15) is 0 Å². The molecule has 7 heteroatoms. The van der Waals surface area contributed by atoms with Crippen molar-refractivity contribution < 1.29 is 14.5 Å². The molecular weight excluding hydrogens is 226 g/mol. The summed E-state index contributed by atoms with van der Waals surface area (Å²) in [4.78, 5) is 20.7. The molecule has 0 unspecified atom stereocenters. The van der Waals surface area contributed by atoms with Gasteiger partial charge in [-0.15, -0.1) is 0 Å². The van der Waals surface area contributed by atoms with Gasteiger partial charge in [0.25, 0.3) is 5.69 Å². The van der Waals surface area contributed by atoms with Gasteiger partial charge in [0.05, 0.1) is 17.7 Å². The predicted octanol–water partition coefficient (Wildman–Crippen LogP) is 1.67. The second-order valence-electron chi connectivity index (χ2n) is 2.94. The van der Waals surface area contributed by atoms with Gasteiger partial charge >= 0.3 is 6.09 Å². The standard InChI is InChI=1S/C10H11N3O4/c1-2-17-10(14)12-11-7-8-3-5-9(6-4-8)13(15)16/h3-7H,2H2,1H3,(H,12,14). The van der Waals surface area contributed by atoms with Crippen LogP contribution >= 0.6 is 0 Å². The first-order chi connectivity index (χ1) is 8.13. The van der Waals surface area contributed by atoms with E-state index in [2.05, 4.69) is 15.3 Å². The van der Waals surface area contributed by atoms with E-state index in [1.165, 1.54) is 30.5 Å². The van der Waals surface area contributed by atoms with Crippen molar-refractivity contribution in [2.75, 3.05) is 6.61 Å². The van der Waals surface area contributed by atoms with Crippen LogP contribution in [0.25, 0.3) is 0 Å². The third-order valence-electron chi connectivity index (χ3n) is 1.75. The number of hydrogen-bond donors (Lipinski definition) is 1. The molecule has 17 heavy (non-hydrogen) atoms. The number of nitrogens with one attached hydrogen (secondary N) is 1. The average molecular weight is 237 g/mol. The molecule has 7 nitrogen and oxygen atoms in total. The molecule has 0 spiro atoms.